The Morgan fingerprint density at radius 1 is 1.22 bits per heavy atom. The average Bonchev–Trinajstić information content (AvgIpc) is 3.06. The summed E-state index contributed by atoms with van der Waals surface area (Å²) in [4.78, 5) is 25.5. The largest absolute Gasteiger partial charge is 0.482 e. The van der Waals surface area contributed by atoms with Gasteiger partial charge in [-0.2, -0.15) is 0 Å². The molecule has 2 aromatic rings. The van der Waals surface area contributed by atoms with Gasteiger partial charge < -0.3 is 14.7 Å². The number of aliphatic carboxylic acids is 1. The first-order chi connectivity index (χ1) is 11.1. The maximum absolute atomic E-state index is 12.2. The fourth-order valence-corrected chi connectivity index (χ4v) is 2.84. The molecule has 1 aromatic carbocycles. The molecule has 5 nitrogen and oxygen atoms in total. The number of carbonyl (C=O) groups is 2. The number of nitrogens with zero attached hydrogens (tertiary/aromatic N) is 1. The van der Waals surface area contributed by atoms with E-state index in [2.05, 4.69) is 6.07 Å². The summed E-state index contributed by atoms with van der Waals surface area (Å²) in [6.45, 7) is -0.378. The number of carbonyl (C=O) groups excluding carboxylic acids is 1. The number of hydrogen-bond donors (Lipinski definition) is 1. The third-order valence-corrected chi connectivity index (χ3v) is 4.29. The molecule has 23 heavy (non-hydrogen) atoms. The van der Waals surface area contributed by atoms with Crippen molar-refractivity contribution in [2.45, 2.75) is 19.3 Å². The Balaban J connectivity index is 1.82. The van der Waals surface area contributed by atoms with Gasteiger partial charge in [0.1, 0.15) is 5.75 Å². The van der Waals surface area contributed by atoms with Gasteiger partial charge >= 0.3 is 5.97 Å². The van der Waals surface area contributed by atoms with Gasteiger partial charge in [-0.3, -0.25) is 4.79 Å². The lowest BCUT2D eigenvalue weighted by Crippen LogP contribution is -2.25. The Morgan fingerprint density at radius 2 is 1.96 bits per heavy atom. The van der Waals surface area contributed by atoms with Crippen molar-refractivity contribution in [3.8, 4) is 5.75 Å². The van der Waals surface area contributed by atoms with Gasteiger partial charge in [-0.25, -0.2) is 4.79 Å². The normalized spacial score (nSPS) is 10.3. The third kappa shape index (κ3) is 5.41. The van der Waals surface area contributed by atoms with Crippen LogP contribution in [0.3, 0.4) is 0 Å². The summed E-state index contributed by atoms with van der Waals surface area (Å²) < 4.78 is 5.07. The highest BCUT2D eigenvalue weighted by atomic mass is 32.1. The van der Waals surface area contributed by atoms with E-state index in [1.807, 2.05) is 11.4 Å². The number of anilines is 1. The fourth-order valence-electron chi connectivity index (χ4n) is 2.09. The van der Waals surface area contributed by atoms with Crippen LogP contribution >= 0.6 is 11.3 Å². The second-order valence-corrected chi connectivity index (χ2v) is 6.09. The van der Waals surface area contributed by atoms with Gasteiger partial charge in [0.25, 0.3) is 0 Å². The molecule has 0 aliphatic carbocycles. The van der Waals surface area contributed by atoms with E-state index in [1.165, 1.54) is 4.88 Å². The summed E-state index contributed by atoms with van der Waals surface area (Å²) >= 11 is 1.71. The second kappa shape index (κ2) is 8.33. The van der Waals surface area contributed by atoms with E-state index >= 15 is 0 Å². The van der Waals surface area contributed by atoms with E-state index in [0.717, 1.165) is 18.5 Å². The Bertz CT molecular complexity index is 637. The Morgan fingerprint density at radius 3 is 2.57 bits per heavy atom. The van der Waals surface area contributed by atoms with Crippen molar-refractivity contribution in [3.05, 3.63) is 46.7 Å². The van der Waals surface area contributed by atoms with Gasteiger partial charge in [-0.15, -0.1) is 11.3 Å². The Labute approximate surface area is 139 Å². The molecule has 0 saturated carbocycles. The molecule has 1 N–H and O–H groups in total. The monoisotopic (exact) mass is 333 g/mol. The number of hydrogen-bond acceptors (Lipinski definition) is 4. The van der Waals surface area contributed by atoms with Crippen LogP contribution < -0.4 is 9.64 Å². The van der Waals surface area contributed by atoms with Crippen LogP contribution in [0.1, 0.15) is 17.7 Å². The molecule has 0 radical (unpaired) electrons. The van der Waals surface area contributed by atoms with Gasteiger partial charge in [0.2, 0.25) is 5.91 Å². The lowest BCUT2D eigenvalue weighted by molar-refractivity contribution is -0.139. The highest BCUT2D eigenvalue weighted by Gasteiger charge is 2.11. The van der Waals surface area contributed by atoms with E-state index in [4.69, 9.17) is 9.84 Å². The molecule has 1 amide bonds. The van der Waals surface area contributed by atoms with E-state index in [9.17, 15) is 9.59 Å². The molecule has 0 spiro atoms. The first kappa shape index (κ1) is 17.0. The number of benzene rings is 1. The molecule has 0 atom stereocenters. The van der Waals surface area contributed by atoms with Crippen molar-refractivity contribution in [3.63, 3.8) is 0 Å². The summed E-state index contributed by atoms with van der Waals surface area (Å²) in [6, 6.07) is 10.9. The van der Waals surface area contributed by atoms with E-state index in [-0.39, 0.29) is 12.5 Å². The topological polar surface area (TPSA) is 66.8 Å². The number of amides is 1. The first-order valence-corrected chi connectivity index (χ1v) is 8.18. The molecule has 0 saturated heterocycles. The smallest absolute Gasteiger partial charge is 0.341 e. The lowest BCUT2D eigenvalue weighted by Gasteiger charge is -2.17. The molecular formula is C17H19NO4S. The predicted molar refractivity (Wildman–Crippen MR) is 90.2 cm³/mol. The van der Waals surface area contributed by atoms with Crippen LogP contribution in [0, 0.1) is 0 Å². The second-order valence-electron chi connectivity index (χ2n) is 5.06. The molecule has 0 aliphatic heterocycles. The van der Waals surface area contributed by atoms with E-state index in [0.29, 0.717) is 12.2 Å². The number of carboxylic acids is 1. The number of thiophene rings is 1. The molecule has 0 aliphatic rings. The minimum atomic E-state index is -1.02. The van der Waals surface area contributed by atoms with Gasteiger partial charge in [0.05, 0.1) is 0 Å². The van der Waals surface area contributed by atoms with Crippen LogP contribution in [0.2, 0.25) is 0 Å². The van der Waals surface area contributed by atoms with Crippen LogP contribution in [0.4, 0.5) is 5.69 Å². The maximum atomic E-state index is 12.2. The van der Waals surface area contributed by atoms with Crippen molar-refractivity contribution >= 4 is 28.9 Å². The first-order valence-electron chi connectivity index (χ1n) is 7.30. The van der Waals surface area contributed by atoms with Gasteiger partial charge in [-0.05, 0) is 48.6 Å². The van der Waals surface area contributed by atoms with Crippen molar-refractivity contribution < 1.29 is 19.4 Å². The predicted octanol–water partition coefficient (Wildman–Crippen LogP) is 3.20. The summed E-state index contributed by atoms with van der Waals surface area (Å²) in [5.41, 5.74) is 0.758. The minimum Gasteiger partial charge on any atom is -0.482 e. The zero-order chi connectivity index (χ0) is 16.7. The number of carboxylic acid groups (broad SMARTS) is 1. The average molecular weight is 333 g/mol. The quantitative estimate of drug-likeness (QED) is 0.805. The Hall–Kier alpha value is -2.34. The molecule has 0 fully saturated rings. The van der Waals surface area contributed by atoms with Crippen LogP contribution in [-0.4, -0.2) is 30.6 Å². The minimum absolute atomic E-state index is 0.0563. The molecule has 0 bridgehead atoms. The number of ether oxygens (including phenoxy) is 1. The molecule has 1 aromatic heterocycles. The Kier molecular flexibility index (Phi) is 6.17. The lowest BCUT2D eigenvalue weighted by atomic mass is 10.2. The van der Waals surface area contributed by atoms with Crippen molar-refractivity contribution in [2.75, 3.05) is 18.6 Å². The summed E-state index contributed by atoms with van der Waals surface area (Å²) in [6.07, 6.45) is 2.23. The standard InChI is InChI=1S/C17H19NO4S/c1-18(16(19)6-2-4-15-5-3-11-23-15)13-7-9-14(10-8-13)22-12-17(20)21/h3,5,7-11H,2,4,6,12H2,1H3,(H,20,21). The van der Waals surface area contributed by atoms with Crippen LogP contribution in [0.5, 0.6) is 5.75 Å². The highest BCUT2D eigenvalue weighted by molar-refractivity contribution is 7.09. The van der Waals surface area contributed by atoms with Gasteiger partial charge in [0.15, 0.2) is 6.61 Å². The molecule has 122 valence electrons. The van der Waals surface area contributed by atoms with Crippen molar-refractivity contribution in [2.24, 2.45) is 0 Å². The maximum Gasteiger partial charge on any atom is 0.341 e. The molecule has 2 rings (SSSR count). The fraction of sp³-hybridized carbons (Fsp3) is 0.294. The van der Waals surface area contributed by atoms with Crippen molar-refractivity contribution in [1.82, 2.24) is 0 Å². The number of aryl methyl sites for hydroxylation is 1. The third-order valence-electron chi connectivity index (χ3n) is 3.35. The van der Waals surface area contributed by atoms with Crippen LogP contribution in [0.15, 0.2) is 41.8 Å². The zero-order valence-electron chi connectivity index (χ0n) is 12.9. The molecule has 0 unspecified atom stereocenters. The zero-order valence-corrected chi connectivity index (χ0v) is 13.7. The highest BCUT2D eigenvalue weighted by Crippen LogP contribution is 2.20. The van der Waals surface area contributed by atoms with E-state index < -0.39 is 5.97 Å². The molecule has 6 heteroatoms. The molecule has 1 heterocycles. The van der Waals surface area contributed by atoms with Crippen LogP contribution in [0.25, 0.3) is 0 Å². The number of rotatable bonds is 8. The summed E-state index contributed by atoms with van der Waals surface area (Å²) in [5.74, 6) is -0.498. The SMILES string of the molecule is CN(C(=O)CCCc1cccs1)c1ccc(OCC(=O)O)cc1. The van der Waals surface area contributed by atoms with Gasteiger partial charge in [-0.1, -0.05) is 6.07 Å². The van der Waals surface area contributed by atoms with Crippen LogP contribution in [-0.2, 0) is 16.0 Å². The van der Waals surface area contributed by atoms with Gasteiger partial charge in [0, 0.05) is 24.0 Å². The summed E-state index contributed by atoms with van der Waals surface area (Å²) in [7, 11) is 1.74. The van der Waals surface area contributed by atoms with Crippen molar-refractivity contribution in [1.29, 1.82) is 0 Å². The molecular weight excluding hydrogens is 314 g/mol. The van der Waals surface area contributed by atoms with E-state index in [1.54, 1.807) is 47.5 Å². The summed E-state index contributed by atoms with van der Waals surface area (Å²) in [5, 5.41) is 10.6.